The van der Waals surface area contributed by atoms with Gasteiger partial charge >= 0.3 is 0 Å². The van der Waals surface area contributed by atoms with Gasteiger partial charge in [-0.3, -0.25) is 0 Å². The number of benzene rings is 2. The zero-order valence-corrected chi connectivity index (χ0v) is 11.2. The maximum atomic E-state index is 13.5. The topological polar surface area (TPSA) is 78.8 Å². The van der Waals surface area contributed by atoms with E-state index >= 15 is 0 Å². The molecule has 0 bridgehead atoms. The number of nitrogen functional groups attached to an aromatic ring is 1. The van der Waals surface area contributed by atoms with Gasteiger partial charge in [0.1, 0.15) is 0 Å². The van der Waals surface area contributed by atoms with Gasteiger partial charge in [-0.25, -0.2) is 4.39 Å². The summed E-state index contributed by atoms with van der Waals surface area (Å²) in [5.74, 6) is 0.192. The highest BCUT2D eigenvalue weighted by Crippen LogP contribution is 2.24. The summed E-state index contributed by atoms with van der Waals surface area (Å²) in [6.07, 6.45) is 0. The van der Waals surface area contributed by atoms with E-state index in [1.165, 1.54) is 23.9 Å². The first-order valence-electron chi connectivity index (χ1n) is 6.17. The van der Waals surface area contributed by atoms with E-state index in [4.69, 9.17) is 10.5 Å². The fourth-order valence-corrected chi connectivity index (χ4v) is 2.00. The summed E-state index contributed by atoms with van der Waals surface area (Å²) < 4.78 is 20.0. The van der Waals surface area contributed by atoms with Crippen LogP contribution in [0.15, 0.2) is 42.5 Å². The van der Waals surface area contributed by atoms with Gasteiger partial charge in [0.25, 0.3) is 0 Å². The lowest BCUT2D eigenvalue weighted by atomic mass is 10.2. The quantitative estimate of drug-likeness (QED) is 0.745. The van der Waals surface area contributed by atoms with Crippen LogP contribution in [-0.2, 0) is 0 Å². The minimum absolute atomic E-state index is 0.126. The number of nitrogens with zero attached hydrogens (tertiary/aromatic N) is 4. The summed E-state index contributed by atoms with van der Waals surface area (Å²) in [6.45, 7) is 0. The van der Waals surface area contributed by atoms with Gasteiger partial charge in [-0.1, -0.05) is 12.1 Å². The van der Waals surface area contributed by atoms with Crippen LogP contribution in [0.1, 0.15) is 0 Å². The van der Waals surface area contributed by atoms with Gasteiger partial charge < -0.3 is 10.5 Å². The van der Waals surface area contributed by atoms with E-state index in [2.05, 4.69) is 15.5 Å². The monoisotopic (exact) mass is 285 g/mol. The number of ether oxygens (including phenoxy) is 1. The lowest BCUT2D eigenvalue weighted by molar-refractivity contribution is 0.386. The molecule has 0 atom stereocenters. The molecule has 0 aliphatic rings. The van der Waals surface area contributed by atoms with Crippen molar-refractivity contribution in [2.24, 2.45) is 0 Å². The first-order valence-corrected chi connectivity index (χ1v) is 6.17. The van der Waals surface area contributed by atoms with Crippen LogP contribution in [-0.4, -0.2) is 27.3 Å². The van der Waals surface area contributed by atoms with Crippen LogP contribution >= 0.6 is 0 Å². The van der Waals surface area contributed by atoms with E-state index in [9.17, 15) is 4.39 Å². The minimum Gasteiger partial charge on any atom is -0.494 e. The average Bonchev–Trinajstić information content (AvgIpc) is 2.97. The summed E-state index contributed by atoms with van der Waals surface area (Å²) in [4.78, 5) is 0. The Bertz CT molecular complexity index is 787. The number of methoxy groups -OCH3 is 1. The zero-order valence-electron chi connectivity index (χ0n) is 11.2. The Kier molecular flexibility index (Phi) is 3.23. The third-order valence-corrected chi connectivity index (χ3v) is 2.99. The number of tetrazole rings is 1. The predicted octanol–water partition coefficient (Wildman–Crippen LogP) is 2.06. The van der Waals surface area contributed by atoms with Crippen molar-refractivity contribution in [1.82, 2.24) is 20.2 Å². The van der Waals surface area contributed by atoms with Crippen LogP contribution in [0.25, 0.3) is 17.1 Å². The zero-order chi connectivity index (χ0) is 14.8. The second kappa shape index (κ2) is 5.20. The van der Waals surface area contributed by atoms with Crippen molar-refractivity contribution in [3.05, 3.63) is 48.3 Å². The van der Waals surface area contributed by atoms with Gasteiger partial charge in [0, 0.05) is 17.3 Å². The van der Waals surface area contributed by atoms with Crippen LogP contribution in [0.5, 0.6) is 5.75 Å². The average molecular weight is 285 g/mol. The Labute approximate surface area is 120 Å². The first-order chi connectivity index (χ1) is 10.2. The smallest absolute Gasteiger partial charge is 0.187 e. The maximum absolute atomic E-state index is 13.5. The van der Waals surface area contributed by atoms with Crippen LogP contribution in [0.4, 0.5) is 10.1 Å². The van der Waals surface area contributed by atoms with E-state index < -0.39 is 5.82 Å². The summed E-state index contributed by atoms with van der Waals surface area (Å²) in [6, 6.07) is 11.6. The number of aromatic nitrogens is 4. The largest absolute Gasteiger partial charge is 0.494 e. The highest BCUT2D eigenvalue weighted by atomic mass is 19.1. The van der Waals surface area contributed by atoms with Crippen molar-refractivity contribution in [2.45, 2.75) is 0 Å². The third kappa shape index (κ3) is 2.40. The molecular weight excluding hydrogens is 273 g/mol. The van der Waals surface area contributed by atoms with Crippen LogP contribution in [0, 0.1) is 5.82 Å². The van der Waals surface area contributed by atoms with E-state index in [1.807, 2.05) is 12.1 Å². The number of halogens is 1. The Balaban J connectivity index is 2.11. The van der Waals surface area contributed by atoms with E-state index in [-0.39, 0.29) is 5.75 Å². The predicted molar refractivity (Wildman–Crippen MR) is 75.5 cm³/mol. The molecule has 3 aromatic rings. The minimum atomic E-state index is -0.445. The summed E-state index contributed by atoms with van der Waals surface area (Å²) in [7, 11) is 1.40. The van der Waals surface area contributed by atoms with E-state index in [0.29, 0.717) is 17.2 Å². The maximum Gasteiger partial charge on any atom is 0.187 e. The molecule has 0 radical (unpaired) electrons. The Morgan fingerprint density at radius 1 is 1.19 bits per heavy atom. The second-order valence-corrected chi connectivity index (χ2v) is 4.36. The first kappa shape index (κ1) is 13.0. The van der Waals surface area contributed by atoms with Crippen molar-refractivity contribution in [2.75, 3.05) is 12.8 Å². The van der Waals surface area contributed by atoms with Gasteiger partial charge in [-0.2, -0.15) is 4.68 Å². The number of hydrogen-bond acceptors (Lipinski definition) is 5. The number of nitrogens with two attached hydrogens (primary N) is 1. The van der Waals surface area contributed by atoms with E-state index in [1.54, 1.807) is 18.2 Å². The molecule has 21 heavy (non-hydrogen) atoms. The molecule has 0 fully saturated rings. The molecule has 0 saturated heterocycles. The lowest BCUT2D eigenvalue weighted by Crippen LogP contribution is -2.01. The fraction of sp³-hybridized carbons (Fsp3) is 0.0714. The van der Waals surface area contributed by atoms with Gasteiger partial charge in [-0.15, -0.1) is 5.10 Å². The van der Waals surface area contributed by atoms with Crippen molar-refractivity contribution in [3.63, 3.8) is 0 Å². The molecule has 7 heteroatoms. The molecule has 0 unspecified atom stereocenters. The molecule has 1 heterocycles. The molecule has 6 nitrogen and oxygen atoms in total. The Morgan fingerprint density at radius 3 is 2.81 bits per heavy atom. The van der Waals surface area contributed by atoms with Crippen LogP contribution in [0.2, 0.25) is 0 Å². The number of rotatable bonds is 3. The molecule has 0 amide bonds. The normalized spacial score (nSPS) is 10.6. The molecule has 3 rings (SSSR count). The summed E-state index contributed by atoms with van der Waals surface area (Å²) in [5, 5.41) is 11.6. The summed E-state index contributed by atoms with van der Waals surface area (Å²) >= 11 is 0. The standard InChI is InChI=1S/C14H12FN5O/c1-21-13-8-11(5-6-12(13)15)20-14(17-18-19-20)9-3-2-4-10(16)7-9/h2-8H,16H2,1H3. The van der Waals surface area contributed by atoms with Crippen molar-refractivity contribution >= 4 is 5.69 Å². The SMILES string of the molecule is COc1cc(-n2nnnc2-c2cccc(N)c2)ccc1F. The second-order valence-electron chi connectivity index (χ2n) is 4.36. The fourth-order valence-electron chi connectivity index (χ4n) is 2.00. The molecule has 0 aliphatic carbocycles. The summed E-state index contributed by atoms with van der Waals surface area (Å²) in [5.41, 5.74) is 7.74. The van der Waals surface area contributed by atoms with Crippen LogP contribution < -0.4 is 10.5 Å². The van der Waals surface area contributed by atoms with Gasteiger partial charge in [0.2, 0.25) is 0 Å². The molecule has 0 spiro atoms. The number of hydrogen-bond donors (Lipinski definition) is 1. The van der Waals surface area contributed by atoms with Crippen molar-refractivity contribution in [1.29, 1.82) is 0 Å². The van der Waals surface area contributed by atoms with Gasteiger partial charge in [0.05, 0.1) is 12.8 Å². The molecule has 1 aromatic heterocycles. The van der Waals surface area contributed by atoms with Crippen molar-refractivity contribution in [3.8, 4) is 22.8 Å². The Hall–Kier alpha value is -2.96. The lowest BCUT2D eigenvalue weighted by Gasteiger charge is -2.07. The highest BCUT2D eigenvalue weighted by molar-refractivity contribution is 5.62. The third-order valence-electron chi connectivity index (χ3n) is 2.99. The molecule has 2 N–H and O–H groups in total. The molecular formula is C14H12FN5O. The molecule has 0 saturated carbocycles. The van der Waals surface area contributed by atoms with Crippen LogP contribution in [0.3, 0.4) is 0 Å². The van der Waals surface area contributed by atoms with Gasteiger partial charge in [-0.05, 0) is 34.7 Å². The van der Waals surface area contributed by atoms with E-state index in [0.717, 1.165) is 5.56 Å². The van der Waals surface area contributed by atoms with Gasteiger partial charge in [0.15, 0.2) is 17.4 Å². The molecule has 106 valence electrons. The highest BCUT2D eigenvalue weighted by Gasteiger charge is 2.13. The Morgan fingerprint density at radius 2 is 2.05 bits per heavy atom. The molecule has 2 aromatic carbocycles. The van der Waals surface area contributed by atoms with Crippen molar-refractivity contribution < 1.29 is 9.13 Å². The number of anilines is 1. The molecule has 0 aliphatic heterocycles.